The zero-order chi connectivity index (χ0) is 18.7. The second-order valence-corrected chi connectivity index (χ2v) is 6.94. The Hall–Kier alpha value is -1.86. The van der Waals surface area contributed by atoms with Crippen LogP contribution in [0.25, 0.3) is 0 Å². The summed E-state index contributed by atoms with van der Waals surface area (Å²) in [6, 6.07) is 3.60. The minimum Gasteiger partial charge on any atom is -0.461 e. The molecule has 0 saturated carbocycles. The van der Waals surface area contributed by atoms with Gasteiger partial charge in [0.1, 0.15) is 10.9 Å². The second-order valence-electron chi connectivity index (χ2n) is 5.74. The van der Waals surface area contributed by atoms with Crippen molar-refractivity contribution in [3.8, 4) is 11.5 Å². The standard InChI is InChI=1S/C18H21ClN2O4S/c1-4-6-15-20-17(26-3)16(18(22)23-5-2)21(15)9-11-7-13-14(8-12(11)19)25-10-24-13/h7-8H,4-6,9-10H2,1-3H3. The third-order valence-corrected chi connectivity index (χ3v) is 5.04. The largest absolute Gasteiger partial charge is 0.461 e. The molecule has 26 heavy (non-hydrogen) atoms. The van der Waals surface area contributed by atoms with Crippen LogP contribution in [-0.2, 0) is 17.7 Å². The van der Waals surface area contributed by atoms with Crippen LogP contribution in [-0.4, -0.2) is 35.2 Å². The Morgan fingerprint density at radius 1 is 1.35 bits per heavy atom. The lowest BCUT2D eigenvalue weighted by Crippen LogP contribution is -2.16. The summed E-state index contributed by atoms with van der Waals surface area (Å²) in [5.41, 5.74) is 1.31. The molecular formula is C18H21ClN2O4S. The number of ether oxygens (including phenoxy) is 3. The first kappa shape index (κ1) is 18.9. The Morgan fingerprint density at radius 2 is 2.08 bits per heavy atom. The third kappa shape index (κ3) is 3.64. The molecule has 140 valence electrons. The van der Waals surface area contributed by atoms with Gasteiger partial charge in [0.15, 0.2) is 17.2 Å². The Morgan fingerprint density at radius 3 is 2.73 bits per heavy atom. The van der Waals surface area contributed by atoms with Gasteiger partial charge >= 0.3 is 5.97 Å². The fourth-order valence-electron chi connectivity index (χ4n) is 2.85. The zero-order valence-corrected chi connectivity index (χ0v) is 16.6. The van der Waals surface area contributed by atoms with E-state index in [1.807, 2.05) is 16.9 Å². The maximum Gasteiger partial charge on any atom is 0.357 e. The number of hydrogen-bond donors (Lipinski definition) is 0. The summed E-state index contributed by atoms with van der Waals surface area (Å²) in [6.07, 6.45) is 3.58. The number of benzene rings is 1. The van der Waals surface area contributed by atoms with Crippen molar-refractivity contribution in [2.45, 2.75) is 38.3 Å². The molecule has 0 saturated heterocycles. The number of carbonyl (C=O) groups excluding carboxylic acids is 1. The van der Waals surface area contributed by atoms with Crippen molar-refractivity contribution in [1.82, 2.24) is 9.55 Å². The number of hydrogen-bond acceptors (Lipinski definition) is 6. The van der Waals surface area contributed by atoms with Gasteiger partial charge in [0, 0.05) is 17.5 Å². The number of fused-ring (bicyclic) bond motifs is 1. The average Bonchev–Trinajstić information content (AvgIpc) is 3.20. The SMILES string of the molecule is CCCc1nc(SC)c(C(=O)OCC)n1Cc1cc2c(cc1Cl)OCO2. The van der Waals surface area contributed by atoms with Crippen molar-refractivity contribution in [3.63, 3.8) is 0 Å². The molecular weight excluding hydrogens is 376 g/mol. The van der Waals surface area contributed by atoms with Crippen molar-refractivity contribution in [2.24, 2.45) is 0 Å². The minimum atomic E-state index is -0.372. The maximum absolute atomic E-state index is 12.6. The molecule has 0 fully saturated rings. The van der Waals surface area contributed by atoms with Gasteiger partial charge in [0.25, 0.3) is 0 Å². The zero-order valence-electron chi connectivity index (χ0n) is 15.0. The molecule has 1 aromatic heterocycles. The van der Waals surface area contributed by atoms with Crippen molar-refractivity contribution in [2.75, 3.05) is 19.7 Å². The summed E-state index contributed by atoms with van der Waals surface area (Å²) in [6.45, 7) is 4.78. The molecule has 0 atom stereocenters. The number of aryl methyl sites for hydroxylation is 1. The maximum atomic E-state index is 12.6. The van der Waals surface area contributed by atoms with Crippen LogP contribution in [0.1, 0.15) is 42.1 Å². The lowest BCUT2D eigenvalue weighted by atomic mass is 10.2. The van der Waals surface area contributed by atoms with E-state index < -0.39 is 0 Å². The molecule has 3 rings (SSSR count). The van der Waals surface area contributed by atoms with Crippen LogP contribution < -0.4 is 9.47 Å². The molecule has 2 aromatic rings. The van der Waals surface area contributed by atoms with Gasteiger partial charge in [-0.1, -0.05) is 18.5 Å². The number of nitrogens with zero attached hydrogens (tertiary/aromatic N) is 2. The van der Waals surface area contributed by atoms with Gasteiger partial charge in [-0.2, -0.15) is 0 Å². The molecule has 0 unspecified atom stereocenters. The van der Waals surface area contributed by atoms with Crippen LogP contribution in [0.2, 0.25) is 5.02 Å². The average molecular weight is 397 g/mol. The highest BCUT2D eigenvalue weighted by Crippen LogP contribution is 2.37. The summed E-state index contributed by atoms with van der Waals surface area (Å²) in [5.74, 6) is 1.76. The van der Waals surface area contributed by atoms with Crippen molar-refractivity contribution in [3.05, 3.63) is 34.2 Å². The molecule has 0 N–H and O–H groups in total. The summed E-state index contributed by atoms with van der Waals surface area (Å²) in [7, 11) is 0. The first-order chi connectivity index (χ1) is 12.6. The van der Waals surface area contributed by atoms with Gasteiger partial charge < -0.3 is 18.8 Å². The van der Waals surface area contributed by atoms with Crippen LogP contribution >= 0.6 is 23.4 Å². The van der Waals surface area contributed by atoms with E-state index in [4.69, 9.17) is 25.8 Å². The fraction of sp³-hybridized carbons (Fsp3) is 0.444. The molecule has 0 amide bonds. The van der Waals surface area contributed by atoms with E-state index in [2.05, 4.69) is 11.9 Å². The van der Waals surface area contributed by atoms with E-state index in [1.54, 1.807) is 13.0 Å². The smallest absolute Gasteiger partial charge is 0.357 e. The van der Waals surface area contributed by atoms with E-state index in [0.717, 1.165) is 24.2 Å². The number of carbonyl (C=O) groups is 1. The Labute approximate surface area is 161 Å². The molecule has 0 radical (unpaired) electrons. The molecule has 8 heteroatoms. The number of aromatic nitrogens is 2. The summed E-state index contributed by atoms with van der Waals surface area (Å²) < 4.78 is 18.0. The van der Waals surface area contributed by atoms with Crippen molar-refractivity contribution in [1.29, 1.82) is 0 Å². The van der Waals surface area contributed by atoms with Crippen LogP contribution in [0.15, 0.2) is 17.2 Å². The highest BCUT2D eigenvalue weighted by atomic mass is 35.5. The normalized spacial score (nSPS) is 12.5. The van der Waals surface area contributed by atoms with Crippen molar-refractivity contribution < 1.29 is 19.0 Å². The Kier molecular flexibility index (Phi) is 5.98. The summed E-state index contributed by atoms with van der Waals surface area (Å²) >= 11 is 7.87. The van der Waals surface area contributed by atoms with E-state index >= 15 is 0 Å². The molecule has 1 aliphatic heterocycles. The number of thioether (sulfide) groups is 1. The van der Waals surface area contributed by atoms with E-state index in [0.29, 0.717) is 40.4 Å². The molecule has 0 bridgehead atoms. The minimum absolute atomic E-state index is 0.186. The van der Waals surface area contributed by atoms with Gasteiger partial charge in [0.05, 0.1) is 13.2 Å². The third-order valence-electron chi connectivity index (χ3n) is 4.02. The quantitative estimate of drug-likeness (QED) is 0.517. The molecule has 1 aliphatic rings. The van der Waals surface area contributed by atoms with Crippen LogP contribution in [0.4, 0.5) is 0 Å². The Balaban J connectivity index is 2.05. The molecule has 6 nitrogen and oxygen atoms in total. The van der Waals surface area contributed by atoms with Gasteiger partial charge in [-0.3, -0.25) is 0 Å². The number of esters is 1. The molecule has 2 heterocycles. The lowest BCUT2D eigenvalue weighted by molar-refractivity contribution is 0.0509. The van der Waals surface area contributed by atoms with Crippen molar-refractivity contribution >= 4 is 29.3 Å². The van der Waals surface area contributed by atoms with Crippen LogP contribution in [0.5, 0.6) is 11.5 Å². The predicted molar refractivity (Wildman–Crippen MR) is 101 cm³/mol. The van der Waals surface area contributed by atoms with Gasteiger partial charge in [-0.25, -0.2) is 9.78 Å². The second kappa shape index (κ2) is 8.22. The molecule has 0 spiro atoms. The fourth-order valence-corrected chi connectivity index (χ4v) is 3.65. The Bertz CT molecular complexity index is 822. The van der Waals surface area contributed by atoms with E-state index in [-0.39, 0.29) is 12.8 Å². The van der Waals surface area contributed by atoms with Crippen LogP contribution in [0, 0.1) is 0 Å². The van der Waals surface area contributed by atoms with E-state index in [9.17, 15) is 4.79 Å². The topological polar surface area (TPSA) is 62.6 Å². The lowest BCUT2D eigenvalue weighted by Gasteiger charge is -2.13. The van der Waals surface area contributed by atoms with Gasteiger partial charge in [-0.15, -0.1) is 11.8 Å². The number of rotatable bonds is 7. The number of halogens is 1. The van der Waals surface area contributed by atoms with Gasteiger partial charge in [0.2, 0.25) is 6.79 Å². The highest BCUT2D eigenvalue weighted by Gasteiger charge is 2.25. The predicted octanol–water partition coefficient (Wildman–Crippen LogP) is 4.16. The first-order valence-electron chi connectivity index (χ1n) is 8.47. The van der Waals surface area contributed by atoms with E-state index in [1.165, 1.54) is 11.8 Å². The van der Waals surface area contributed by atoms with Gasteiger partial charge in [-0.05, 0) is 31.2 Å². The monoisotopic (exact) mass is 396 g/mol. The highest BCUT2D eigenvalue weighted by molar-refractivity contribution is 7.98. The number of imidazole rings is 1. The first-order valence-corrected chi connectivity index (χ1v) is 10.1. The summed E-state index contributed by atoms with van der Waals surface area (Å²) in [4.78, 5) is 17.2. The molecule has 0 aliphatic carbocycles. The van der Waals surface area contributed by atoms with Crippen LogP contribution in [0.3, 0.4) is 0 Å². The molecule has 1 aromatic carbocycles. The summed E-state index contributed by atoms with van der Waals surface area (Å²) in [5, 5.41) is 1.23.